The van der Waals surface area contributed by atoms with E-state index in [1.807, 2.05) is 23.9 Å². The van der Waals surface area contributed by atoms with E-state index in [9.17, 15) is 4.79 Å². The highest BCUT2D eigenvalue weighted by Crippen LogP contribution is 2.33. The number of hydrogen-bond donors (Lipinski definition) is 1. The van der Waals surface area contributed by atoms with Gasteiger partial charge in [0.15, 0.2) is 5.69 Å². The van der Waals surface area contributed by atoms with Crippen molar-refractivity contribution in [3.05, 3.63) is 29.6 Å². The van der Waals surface area contributed by atoms with Crippen molar-refractivity contribution in [3.8, 4) is 0 Å². The molecule has 0 radical (unpaired) electrons. The number of carboxylic acids is 1. The van der Waals surface area contributed by atoms with Gasteiger partial charge < -0.3 is 5.11 Å². The minimum atomic E-state index is -0.928. The van der Waals surface area contributed by atoms with Gasteiger partial charge in [0.2, 0.25) is 0 Å². The van der Waals surface area contributed by atoms with Gasteiger partial charge in [-0.3, -0.25) is 0 Å². The highest BCUT2D eigenvalue weighted by molar-refractivity contribution is 7.99. The van der Waals surface area contributed by atoms with Crippen molar-refractivity contribution in [2.45, 2.75) is 43.6 Å². The van der Waals surface area contributed by atoms with Crippen LogP contribution in [0.5, 0.6) is 0 Å². The molecule has 0 spiro atoms. The van der Waals surface area contributed by atoms with Gasteiger partial charge in [-0.25, -0.2) is 9.78 Å². The molecule has 2 unspecified atom stereocenters. The number of nitrogens with zero attached hydrogens (tertiary/aromatic N) is 1. The lowest BCUT2D eigenvalue weighted by Gasteiger charge is -2.26. The Morgan fingerprint density at radius 1 is 1.56 bits per heavy atom. The highest BCUT2D eigenvalue weighted by atomic mass is 32.2. The number of rotatable bonds is 4. The number of hydrogen-bond acceptors (Lipinski definition) is 3. The van der Waals surface area contributed by atoms with Gasteiger partial charge in [-0.15, -0.1) is 0 Å². The van der Waals surface area contributed by atoms with Crippen LogP contribution in [0.1, 0.15) is 48.7 Å². The molecule has 1 aliphatic carbocycles. The lowest BCUT2D eigenvalue weighted by Crippen LogP contribution is -2.15. The molecule has 1 aromatic rings. The Kier molecular flexibility index (Phi) is 4.64. The summed E-state index contributed by atoms with van der Waals surface area (Å²) < 4.78 is 0. The molecule has 0 bridgehead atoms. The fraction of sp³-hybridized carbons (Fsp3) is 0.571. The summed E-state index contributed by atoms with van der Waals surface area (Å²) in [6.45, 7) is 2.31. The maximum absolute atomic E-state index is 11.1. The first-order valence-electron chi connectivity index (χ1n) is 6.45. The monoisotopic (exact) mass is 265 g/mol. The summed E-state index contributed by atoms with van der Waals surface area (Å²) >= 11 is 1.88. The summed E-state index contributed by atoms with van der Waals surface area (Å²) in [7, 11) is 0. The maximum Gasteiger partial charge on any atom is 0.354 e. The summed E-state index contributed by atoms with van der Waals surface area (Å²) in [5, 5.41) is 9.75. The van der Waals surface area contributed by atoms with Crippen molar-refractivity contribution in [3.63, 3.8) is 0 Å². The second-order valence-electron chi connectivity index (χ2n) is 5.02. The molecule has 1 saturated carbocycles. The van der Waals surface area contributed by atoms with Crippen LogP contribution in [0.4, 0.5) is 0 Å². The molecule has 1 aliphatic rings. The third kappa shape index (κ3) is 3.48. The Bertz CT molecular complexity index is 422. The zero-order valence-corrected chi connectivity index (χ0v) is 11.4. The molecule has 1 N–H and O–H groups in total. The van der Waals surface area contributed by atoms with Gasteiger partial charge in [0, 0.05) is 17.2 Å². The van der Waals surface area contributed by atoms with E-state index in [0.717, 1.165) is 17.2 Å². The van der Waals surface area contributed by atoms with Crippen LogP contribution in [0, 0.1) is 5.92 Å². The standard InChI is InChI=1S/C14H19NO2S/c1-10-4-2-6-12(8-10)18-9-11-5-3-7-15-13(11)14(16)17/h3,5,7,10,12H,2,4,6,8-9H2,1H3,(H,16,17). The van der Waals surface area contributed by atoms with Crippen LogP contribution in [-0.2, 0) is 5.75 Å². The Balaban J connectivity index is 1.95. The normalized spacial score (nSPS) is 23.8. The van der Waals surface area contributed by atoms with Crippen LogP contribution < -0.4 is 0 Å². The predicted molar refractivity (Wildman–Crippen MR) is 73.9 cm³/mol. The minimum Gasteiger partial charge on any atom is -0.477 e. The Hall–Kier alpha value is -1.03. The third-order valence-corrected chi connectivity index (χ3v) is 4.83. The van der Waals surface area contributed by atoms with Gasteiger partial charge in [-0.2, -0.15) is 11.8 Å². The first-order chi connectivity index (χ1) is 8.66. The first-order valence-corrected chi connectivity index (χ1v) is 7.50. The van der Waals surface area contributed by atoms with Crippen molar-refractivity contribution >= 4 is 17.7 Å². The van der Waals surface area contributed by atoms with Crippen LogP contribution in [0.2, 0.25) is 0 Å². The van der Waals surface area contributed by atoms with E-state index >= 15 is 0 Å². The van der Waals surface area contributed by atoms with E-state index in [1.54, 1.807) is 6.20 Å². The fourth-order valence-electron chi connectivity index (χ4n) is 2.49. The van der Waals surface area contributed by atoms with Crippen molar-refractivity contribution in [2.24, 2.45) is 5.92 Å². The number of aromatic nitrogens is 1. The van der Waals surface area contributed by atoms with Crippen LogP contribution in [0.3, 0.4) is 0 Å². The Labute approximate surface area is 112 Å². The smallest absolute Gasteiger partial charge is 0.354 e. The SMILES string of the molecule is CC1CCCC(SCc2cccnc2C(=O)O)C1. The van der Waals surface area contributed by atoms with Crippen LogP contribution in [0.15, 0.2) is 18.3 Å². The summed E-state index contributed by atoms with van der Waals surface area (Å²) in [6.07, 6.45) is 6.70. The van der Waals surface area contributed by atoms with Gasteiger partial charge in [0.25, 0.3) is 0 Å². The molecule has 4 heteroatoms. The lowest BCUT2D eigenvalue weighted by molar-refractivity contribution is 0.0689. The molecule has 1 aromatic heterocycles. The van der Waals surface area contributed by atoms with E-state index in [0.29, 0.717) is 5.25 Å². The van der Waals surface area contributed by atoms with Crippen molar-refractivity contribution in [2.75, 3.05) is 0 Å². The average molecular weight is 265 g/mol. The van der Waals surface area contributed by atoms with Gasteiger partial charge in [0.05, 0.1) is 0 Å². The van der Waals surface area contributed by atoms with Crippen LogP contribution in [-0.4, -0.2) is 21.3 Å². The van der Waals surface area contributed by atoms with E-state index in [1.165, 1.54) is 25.7 Å². The quantitative estimate of drug-likeness (QED) is 0.903. The van der Waals surface area contributed by atoms with E-state index in [-0.39, 0.29) is 5.69 Å². The van der Waals surface area contributed by atoms with Gasteiger partial charge in [-0.05, 0) is 30.4 Å². The molecule has 3 nitrogen and oxygen atoms in total. The number of carboxylic acid groups (broad SMARTS) is 1. The summed E-state index contributed by atoms with van der Waals surface area (Å²) in [6, 6.07) is 3.68. The zero-order chi connectivity index (χ0) is 13.0. The topological polar surface area (TPSA) is 50.2 Å². The van der Waals surface area contributed by atoms with E-state index in [2.05, 4.69) is 11.9 Å². The fourth-order valence-corrected chi connectivity index (χ4v) is 3.93. The highest BCUT2D eigenvalue weighted by Gasteiger charge is 2.20. The summed E-state index contributed by atoms with van der Waals surface area (Å²) in [5.41, 5.74) is 1.04. The van der Waals surface area contributed by atoms with Crippen molar-refractivity contribution in [1.29, 1.82) is 0 Å². The molecule has 18 heavy (non-hydrogen) atoms. The molecule has 2 atom stereocenters. The average Bonchev–Trinajstić information content (AvgIpc) is 2.37. The molecule has 98 valence electrons. The summed E-state index contributed by atoms with van der Waals surface area (Å²) in [5.74, 6) is 0.639. The zero-order valence-electron chi connectivity index (χ0n) is 10.6. The number of pyridine rings is 1. The van der Waals surface area contributed by atoms with Gasteiger partial charge >= 0.3 is 5.97 Å². The van der Waals surface area contributed by atoms with Gasteiger partial charge in [0.1, 0.15) is 0 Å². The Morgan fingerprint density at radius 2 is 2.39 bits per heavy atom. The molecule has 1 fully saturated rings. The predicted octanol–water partition coefficient (Wildman–Crippen LogP) is 3.59. The minimum absolute atomic E-state index is 0.203. The van der Waals surface area contributed by atoms with Crippen LogP contribution in [0.25, 0.3) is 0 Å². The Morgan fingerprint density at radius 3 is 3.11 bits per heavy atom. The van der Waals surface area contributed by atoms with Crippen molar-refractivity contribution < 1.29 is 9.90 Å². The molecular formula is C14H19NO2S. The molecule has 1 heterocycles. The first kappa shape index (κ1) is 13.4. The molecule has 2 rings (SSSR count). The second kappa shape index (κ2) is 6.23. The van der Waals surface area contributed by atoms with E-state index < -0.39 is 5.97 Å². The second-order valence-corrected chi connectivity index (χ2v) is 6.31. The summed E-state index contributed by atoms with van der Waals surface area (Å²) in [4.78, 5) is 15.0. The molecule has 0 saturated heterocycles. The van der Waals surface area contributed by atoms with Gasteiger partial charge in [-0.1, -0.05) is 25.8 Å². The largest absolute Gasteiger partial charge is 0.477 e. The number of aromatic carboxylic acids is 1. The third-order valence-electron chi connectivity index (χ3n) is 3.46. The molecular weight excluding hydrogens is 246 g/mol. The number of carbonyl (C=O) groups is 1. The maximum atomic E-state index is 11.1. The molecule has 0 amide bonds. The number of thioether (sulfide) groups is 1. The molecule has 0 aliphatic heterocycles. The van der Waals surface area contributed by atoms with Crippen molar-refractivity contribution in [1.82, 2.24) is 4.98 Å². The lowest BCUT2D eigenvalue weighted by atomic mass is 9.91. The molecule has 0 aromatic carbocycles. The van der Waals surface area contributed by atoms with Crippen LogP contribution >= 0.6 is 11.8 Å². The van der Waals surface area contributed by atoms with E-state index in [4.69, 9.17) is 5.11 Å².